The normalized spacial score (nSPS) is 8.12. The molecule has 0 aliphatic carbocycles. The third-order valence-electron chi connectivity index (χ3n) is 0.644. The van der Waals surface area contributed by atoms with Crippen molar-refractivity contribution in [1.29, 1.82) is 0 Å². The van der Waals surface area contributed by atoms with E-state index in [1.807, 2.05) is 0 Å². The second-order valence-corrected chi connectivity index (χ2v) is 1.43. The molecule has 0 saturated carbocycles. The Balaban J connectivity index is 2.93. The van der Waals surface area contributed by atoms with Crippen molar-refractivity contribution in [2.45, 2.75) is 6.92 Å². The molecule has 0 radical (unpaired) electrons. The van der Waals surface area contributed by atoms with Gasteiger partial charge in [-0.15, -0.1) is 0 Å². The van der Waals surface area contributed by atoms with Crippen LogP contribution in [0.25, 0.3) is 0 Å². The maximum absolute atomic E-state index is 10.1. The number of hydrogen-bond donors (Lipinski definition) is 1. The molecule has 0 heterocycles. The van der Waals surface area contributed by atoms with Gasteiger partial charge in [0.25, 0.3) is 0 Å². The Kier molecular flexibility index (Phi) is 3.84. The van der Waals surface area contributed by atoms with E-state index in [2.05, 4.69) is 17.0 Å². The van der Waals surface area contributed by atoms with Crippen molar-refractivity contribution in [3.8, 4) is 0 Å². The zero-order chi connectivity index (χ0) is 6.41. The molecule has 8 heavy (non-hydrogen) atoms. The van der Waals surface area contributed by atoms with Crippen molar-refractivity contribution in [3.63, 3.8) is 0 Å². The van der Waals surface area contributed by atoms with Crippen LogP contribution in [0.5, 0.6) is 0 Å². The van der Waals surface area contributed by atoms with Gasteiger partial charge in [-0.25, -0.2) is 0 Å². The number of hydrogen-bond acceptors (Lipinski definition) is 2. The molecule has 0 aromatic carbocycles. The molecule has 0 aromatic heterocycles. The summed E-state index contributed by atoms with van der Waals surface area (Å²) in [6.07, 6.45) is 0. The number of carbonyl (C=O) groups is 1. The Morgan fingerprint density at radius 3 is 2.88 bits per heavy atom. The van der Waals surface area contributed by atoms with Gasteiger partial charge in [-0.1, -0.05) is 0 Å². The highest BCUT2D eigenvalue weighted by Gasteiger charge is 1.84. The summed E-state index contributed by atoms with van der Waals surface area (Å²) >= 11 is 0. The molecule has 3 nitrogen and oxygen atoms in total. The smallest absolute Gasteiger partial charge is 0.216 e. The van der Waals surface area contributed by atoms with Crippen LogP contribution in [0.15, 0.2) is 4.99 Å². The fourth-order valence-corrected chi connectivity index (χ4v) is 0.311. The molecule has 0 atom stereocenters. The molecule has 46 valence electrons. The number of nitrogens with one attached hydrogen (secondary N) is 1. The molecule has 0 saturated heterocycles. The van der Waals surface area contributed by atoms with E-state index in [0.717, 1.165) is 0 Å². The van der Waals surface area contributed by atoms with Crippen LogP contribution in [0, 0.1) is 0 Å². The van der Waals surface area contributed by atoms with Gasteiger partial charge in [0.1, 0.15) is 0 Å². The van der Waals surface area contributed by atoms with Gasteiger partial charge in [0, 0.05) is 13.5 Å². The lowest BCUT2D eigenvalue weighted by Gasteiger charge is -1.94. The monoisotopic (exact) mass is 114 g/mol. The predicted molar refractivity (Wildman–Crippen MR) is 33.1 cm³/mol. The zero-order valence-corrected chi connectivity index (χ0v) is 4.98. The lowest BCUT2D eigenvalue weighted by atomic mass is 10.6. The molecule has 0 fully saturated rings. The van der Waals surface area contributed by atoms with Crippen LogP contribution in [0.2, 0.25) is 0 Å². The van der Waals surface area contributed by atoms with E-state index in [1.165, 1.54) is 6.92 Å². The first-order valence-corrected chi connectivity index (χ1v) is 2.44. The summed E-state index contributed by atoms with van der Waals surface area (Å²) in [6, 6.07) is 0. The first kappa shape index (κ1) is 7.14. The first-order valence-electron chi connectivity index (χ1n) is 2.44. The van der Waals surface area contributed by atoms with Crippen LogP contribution >= 0.6 is 0 Å². The second-order valence-electron chi connectivity index (χ2n) is 1.43. The fraction of sp³-hybridized carbons (Fsp3) is 0.600. The van der Waals surface area contributed by atoms with E-state index in [9.17, 15) is 4.79 Å². The Bertz CT molecular complexity index is 90.4. The van der Waals surface area contributed by atoms with Gasteiger partial charge in [0.15, 0.2) is 0 Å². The SMILES string of the molecule is C=NCCNC(C)=O. The Morgan fingerprint density at radius 1 is 1.88 bits per heavy atom. The molecule has 0 aromatic rings. The quantitative estimate of drug-likeness (QED) is 0.401. The third kappa shape index (κ3) is 5.14. The van der Waals surface area contributed by atoms with Gasteiger partial charge in [0.05, 0.1) is 6.54 Å². The van der Waals surface area contributed by atoms with Gasteiger partial charge in [-0.2, -0.15) is 0 Å². The van der Waals surface area contributed by atoms with E-state index >= 15 is 0 Å². The Labute approximate surface area is 48.8 Å². The summed E-state index contributed by atoms with van der Waals surface area (Å²) < 4.78 is 0. The molecule has 0 bridgehead atoms. The molecule has 1 N–H and O–H groups in total. The minimum absolute atomic E-state index is 0.0198. The number of amides is 1. The van der Waals surface area contributed by atoms with Crippen LogP contribution in [-0.4, -0.2) is 25.7 Å². The minimum Gasteiger partial charge on any atom is -0.354 e. The molecule has 0 unspecified atom stereocenters. The fourth-order valence-electron chi connectivity index (χ4n) is 0.311. The van der Waals surface area contributed by atoms with Crippen LogP contribution in [0.1, 0.15) is 6.92 Å². The van der Waals surface area contributed by atoms with Gasteiger partial charge in [0.2, 0.25) is 5.91 Å². The van der Waals surface area contributed by atoms with E-state index in [1.54, 1.807) is 0 Å². The highest BCUT2D eigenvalue weighted by Crippen LogP contribution is 1.62. The average molecular weight is 114 g/mol. The Hall–Kier alpha value is -0.860. The largest absolute Gasteiger partial charge is 0.354 e. The minimum atomic E-state index is -0.0198. The first-order chi connectivity index (χ1) is 3.77. The summed E-state index contributed by atoms with van der Waals surface area (Å²) in [5, 5.41) is 2.57. The van der Waals surface area contributed by atoms with Crippen LogP contribution in [0.3, 0.4) is 0 Å². The van der Waals surface area contributed by atoms with Crippen molar-refractivity contribution in [2.75, 3.05) is 13.1 Å². The maximum atomic E-state index is 10.1. The summed E-state index contributed by atoms with van der Waals surface area (Å²) in [5.74, 6) is -0.0198. The lowest BCUT2D eigenvalue weighted by Crippen LogP contribution is -2.22. The molecule has 0 spiro atoms. The van der Waals surface area contributed by atoms with Crippen molar-refractivity contribution in [1.82, 2.24) is 5.32 Å². The number of rotatable bonds is 3. The maximum Gasteiger partial charge on any atom is 0.216 e. The lowest BCUT2D eigenvalue weighted by molar-refractivity contribution is -0.118. The van der Waals surface area contributed by atoms with Crippen LogP contribution in [0.4, 0.5) is 0 Å². The number of carbonyl (C=O) groups excluding carboxylic acids is 1. The van der Waals surface area contributed by atoms with Gasteiger partial charge in [-0.3, -0.25) is 9.79 Å². The third-order valence-corrected chi connectivity index (χ3v) is 0.644. The summed E-state index contributed by atoms with van der Waals surface area (Å²) in [7, 11) is 0. The topological polar surface area (TPSA) is 41.5 Å². The molecular weight excluding hydrogens is 104 g/mol. The van der Waals surface area contributed by atoms with Crippen LogP contribution in [-0.2, 0) is 4.79 Å². The molecule has 1 amide bonds. The highest BCUT2D eigenvalue weighted by atomic mass is 16.1. The average Bonchev–Trinajstić information content (AvgIpc) is 1.66. The molecule has 3 heteroatoms. The summed E-state index contributed by atoms with van der Waals surface area (Å²) in [5.41, 5.74) is 0. The van der Waals surface area contributed by atoms with Gasteiger partial charge in [-0.05, 0) is 6.72 Å². The highest BCUT2D eigenvalue weighted by molar-refractivity contribution is 5.72. The molecule has 0 aliphatic heterocycles. The van der Waals surface area contributed by atoms with E-state index in [4.69, 9.17) is 0 Å². The van der Waals surface area contributed by atoms with E-state index in [0.29, 0.717) is 13.1 Å². The molecule has 0 aliphatic rings. The second kappa shape index (κ2) is 4.30. The number of nitrogens with zero attached hydrogens (tertiary/aromatic N) is 1. The standard InChI is InChI=1S/C5H10N2O/c1-5(8)7-4-3-6-2/h2-4H2,1H3,(H,7,8). The summed E-state index contributed by atoms with van der Waals surface area (Å²) in [6.45, 7) is 5.92. The number of aliphatic imine (C=N–C) groups is 1. The van der Waals surface area contributed by atoms with Crippen molar-refractivity contribution in [2.24, 2.45) is 4.99 Å². The van der Waals surface area contributed by atoms with E-state index in [-0.39, 0.29) is 5.91 Å². The molecular formula is C5H10N2O. The predicted octanol–water partition coefficient (Wildman–Crippen LogP) is -0.177. The van der Waals surface area contributed by atoms with E-state index < -0.39 is 0 Å². The van der Waals surface area contributed by atoms with Crippen molar-refractivity contribution < 1.29 is 4.79 Å². The van der Waals surface area contributed by atoms with Crippen molar-refractivity contribution in [3.05, 3.63) is 0 Å². The van der Waals surface area contributed by atoms with Crippen LogP contribution < -0.4 is 5.32 Å². The van der Waals surface area contributed by atoms with Crippen molar-refractivity contribution >= 4 is 12.6 Å². The van der Waals surface area contributed by atoms with Gasteiger partial charge < -0.3 is 5.32 Å². The Morgan fingerprint density at radius 2 is 2.50 bits per heavy atom. The summed E-state index contributed by atoms with van der Waals surface area (Å²) in [4.78, 5) is 13.7. The van der Waals surface area contributed by atoms with Gasteiger partial charge >= 0.3 is 0 Å². The molecule has 0 rings (SSSR count). The zero-order valence-electron chi connectivity index (χ0n) is 4.98.